The molecule has 5 rings (SSSR count). The highest BCUT2D eigenvalue weighted by Gasteiger charge is 2.16. The van der Waals surface area contributed by atoms with Gasteiger partial charge in [-0.25, -0.2) is 9.78 Å². The average Bonchev–Trinajstić information content (AvgIpc) is 3.41. The van der Waals surface area contributed by atoms with Crippen molar-refractivity contribution in [3.8, 4) is 0 Å². The molecule has 0 spiro atoms. The highest BCUT2D eigenvalue weighted by atomic mass is 32.1. The van der Waals surface area contributed by atoms with Gasteiger partial charge < -0.3 is 24.7 Å². The molecule has 0 radical (unpaired) electrons. The van der Waals surface area contributed by atoms with Gasteiger partial charge in [-0.05, 0) is 42.0 Å². The Morgan fingerprint density at radius 2 is 2.06 bits per heavy atom. The third-order valence-electron chi connectivity index (χ3n) is 5.53. The normalized spacial score (nSPS) is 14.1. The number of methoxy groups -OCH3 is 1. The zero-order chi connectivity index (χ0) is 22.1. The minimum Gasteiger partial charge on any atom is -0.465 e. The van der Waals surface area contributed by atoms with E-state index >= 15 is 0 Å². The molecule has 164 valence electrons. The molecule has 1 aliphatic heterocycles. The van der Waals surface area contributed by atoms with E-state index in [4.69, 9.17) is 9.47 Å². The Balaban J connectivity index is 1.32. The smallest absolute Gasteiger partial charge is 0.337 e. The minimum absolute atomic E-state index is 0.165. The van der Waals surface area contributed by atoms with Gasteiger partial charge in [0, 0.05) is 35.9 Å². The molecule has 1 saturated heterocycles. The lowest BCUT2D eigenvalue weighted by molar-refractivity contribution is -0.115. The molecule has 3 heterocycles. The summed E-state index contributed by atoms with van der Waals surface area (Å²) in [7, 11) is 1.35. The zero-order valence-corrected chi connectivity index (χ0v) is 18.3. The van der Waals surface area contributed by atoms with E-state index in [1.807, 2.05) is 12.1 Å². The van der Waals surface area contributed by atoms with Gasteiger partial charge in [-0.2, -0.15) is 0 Å². The van der Waals surface area contributed by atoms with Crippen LogP contribution in [0.3, 0.4) is 0 Å². The summed E-state index contributed by atoms with van der Waals surface area (Å²) in [5.74, 6) is -0.573. The van der Waals surface area contributed by atoms with Crippen molar-refractivity contribution in [1.82, 2.24) is 9.97 Å². The maximum atomic E-state index is 12.7. The SMILES string of the molecule is COC(=O)c1ccc2[nH]cc(CC(=O)Nc3nc4ccc(N5CCOCC5)cc4s3)c2c1. The second-order valence-electron chi connectivity index (χ2n) is 7.56. The molecule has 0 atom stereocenters. The third kappa shape index (κ3) is 4.04. The predicted molar refractivity (Wildman–Crippen MR) is 125 cm³/mol. The van der Waals surface area contributed by atoms with Crippen molar-refractivity contribution in [2.45, 2.75) is 6.42 Å². The molecule has 8 nitrogen and oxygen atoms in total. The first-order valence-corrected chi connectivity index (χ1v) is 11.1. The Morgan fingerprint density at radius 1 is 1.22 bits per heavy atom. The number of nitrogens with one attached hydrogen (secondary N) is 2. The van der Waals surface area contributed by atoms with Crippen LogP contribution in [-0.2, 0) is 20.7 Å². The number of anilines is 2. The molecule has 1 amide bonds. The van der Waals surface area contributed by atoms with Crippen molar-refractivity contribution in [3.63, 3.8) is 0 Å². The number of carbonyl (C=O) groups is 2. The molecule has 9 heteroatoms. The van der Waals surface area contributed by atoms with E-state index in [1.165, 1.54) is 18.4 Å². The fourth-order valence-corrected chi connectivity index (χ4v) is 4.81. The first-order valence-electron chi connectivity index (χ1n) is 10.3. The van der Waals surface area contributed by atoms with E-state index in [2.05, 4.69) is 32.3 Å². The van der Waals surface area contributed by atoms with Crippen LogP contribution in [0.15, 0.2) is 42.6 Å². The number of fused-ring (bicyclic) bond motifs is 2. The Bertz CT molecular complexity index is 1310. The summed E-state index contributed by atoms with van der Waals surface area (Å²) in [4.78, 5) is 34.5. The highest BCUT2D eigenvalue weighted by molar-refractivity contribution is 7.22. The molecule has 0 saturated carbocycles. The van der Waals surface area contributed by atoms with E-state index in [9.17, 15) is 9.59 Å². The quantitative estimate of drug-likeness (QED) is 0.451. The summed E-state index contributed by atoms with van der Waals surface area (Å²) in [5, 5.41) is 4.30. The second kappa shape index (κ2) is 8.60. The van der Waals surface area contributed by atoms with Gasteiger partial charge in [-0.3, -0.25) is 4.79 Å². The number of H-pyrrole nitrogens is 1. The first-order chi connectivity index (χ1) is 15.6. The lowest BCUT2D eigenvalue weighted by atomic mass is 10.1. The van der Waals surface area contributed by atoms with Crippen molar-refractivity contribution in [2.24, 2.45) is 0 Å². The van der Waals surface area contributed by atoms with Crippen LogP contribution in [0.25, 0.3) is 21.1 Å². The van der Waals surface area contributed by atoms with Crippen LogP contribution >= 0.6 is 11.3 Å². The lowest BCUT2D eigenvalue weighted by Crippen LogP contribution is -2.36. The van der Waals surface area contributed by atoms with Crippen molar-refractivity contribution < 1.29 is 19.1 Å². The largest absolute Gasteiger partial charge is 0.465 e. The molecule has 0 unspecified atom stereocenters. The Morgan fingerprint density at radius 3 is 2.88 bits per heavy atom. The fourth-order valence-electron chi connectivity index (χ4n) is 3.89. The summed E-state index contributed by atoms with van der Waals surface area (Å²) in [6, 6.07) is 11.4. The van der Waals surface area contributed by atoms with Gasteiger partial charge >= 0.3 is 5.97 Å². The Labute approximate surface area is 188 Å². The van der Waals surface area contributed by atoms with Crippen LogP contribution in [0, 0.1) is 0 Å². The predicted octanol–water partition coefficient (Wildman–Crippen LogP) is 3.58. The van der Waals surface area contributed by atoms with Gasteiger partial charge in [0.25, 0.3) is 0 Å². The van der Waals surface area contributed by atoms with E-state index in [1.54, 1.807) is 18.3 Å². The fraction of sp³-hybridized carbons (Fsp3) is 0.261. The van der Waals surface area contributed by atoms with Gasteiger partial charge in [0.15, 0.2) is 5.13 Å². The standard InChI is InChI=1S/C23H22N4O4S/c1-30-22(29)14-2-4-18-17(10-14)15(13-24-18)11-21(28)26-23-25-19-5-3-16(12-20(19)32-23)27-6-8-31-9-7-27/h2-5,10,12-13,24H,6-9,11H2,1H3,(H,25,26,28). The molecule has 2 aromatic carbocycles. The van der Waals surface area contributed by atoms with Crippen molar-refractivity contribution >= 4 is 55.2 Å². The van der Waals surface area contributed by atoms with Crippen LogP contribution < -0.4 is 10.2 Å². The van der Waals surface area contributed by atoms with Crippen LogP contribution in [0.2, 0.25) is 0 Å². The summed E-state index contributed by atoms with van der Waals surface area (Å²) in [5.41, 5.74) is 4.11. The number of benzene rings is 2. The van der Waals surface area contributed by atoms with Crippen molar-refractivity contribution in [2.75, 3.05) is 43.6 Å². The number of carbonyl (C=O) groups excluding carboxylic acids is 2. The van der Waals surface area contributed by atoms with Crippen LogP contribution in [0.4, 0.5) is 10.8 Å². The molecule has 32 heavy (non-hydrogen) atoms. The van der Waals surface area contributed by atoms with E-state index in [0.717, 1.165) is 58.7 Å². The van der Waals surface area contributed by atoms with Gasteiger partial charge in [0.05, 0.1) is 42.5 Å². The van der Waals surface area contributed by atoms with Crippen LogP contribution in [-0.4, -0.2) is 55.3 Å². The Kier molecular flexibility index (Phi) is 5.50. The number of morpholine rings is 1. The van der Waals surface area contributed by atoms with Gasteiger partial charge in [-0.1, -0.05) is 11.3 Å². The van der Waals surface area contributed by atoms with E-state index < -0.39 is 5.97 Å². The van der Waals surface area contributed by atoms with Gasteiger partial charge in [0.1, 0.15) is 0 Å². The number of aromatic amines is 1. The topological polar surface area (TPSA) is 96.5 Å². The number of ether oxygens (including phenoxy) is 2. The molecule has 1 fully saturated rings. The molecule has 0 bridgehead atoms. The number of hydrogen-bond acceptors (Lipinski definition) is 7. The number of esters is 1. The van der Waals surface area contributed by atoms with Crippen LogP contribution in [0.5, 0.6) is 0 Å². The third-order valence-corrected chi connectivity index (χ3v) is 6.47. The number of amides is 1. The maximum Gasteiger partial charge on any atom is 0.337 e. The van der Waals surface area contributed by atoms with E-state index in [0.29, 0.717) is 10.7 Å². The summed E-state index contributed by atoms with van der Waals surface area (Å²) in [6.07, 6.45) is 1.96. The number of hydrogen-bond donors (Lipinski definition) is 2. The molecule has 4 aromatic rings. The summed E-state index contributed by atoms with van der Waals surface area (Å²) in [6.45, 7) is 3.21. The second-order valence-corrected chi connectivity index (χ2v) is 8.59. The number of aromatic nitrogens is 2. The van der Waals surface area contributed by atoms with Crippen molar-refractivity contribution in [1.29, 1.82) is 0 Å². The molecular formula is C23H22N4O4S. The summed E-state index contributed by atoms with van der Waals surface area (Å²) < 4.78 is 11.2. The summed E-state index contributed by atoms with van der Waals surface area (Å²) >= 11 is 1.46. The number of nitrogens with zero attached hydrogens (tertiary/aromatic N) is 2. The first kappa shape index (κ1) is 20.5. The highest BCUT2D eigenvalue weighted by Crippen LogP contribution is 2.30. The number of rotatable bonds is 5. The number of thiazole rings is 1. The molecule has 1 aliphatic rings. The molecule has 2 aromatic heterocycles. The minimum atomic E-state index is -0.408. The average molecular weight is 451 g/mol. The van der Waals surface area contributed by atoms with E-state index in [-0.39, 0.29) is 12.3 Å². The van der Waals surface area contributed by atoms with Crippen molar-refractivity contribution in [3.05, 3.63) is 53.7 Å². The Hall–Kier alpha value is -3.43. The van der Waals surface area contributed by atoms with Crippen LogP contribution in [0.1, 0.15) is 15.9 Å². The zero-order valence-electron chi connectivity index (χ0n) is 17.5. The lowest BCUT2D eigenvalue weighted by Gasteiger charge is -2.28. The van der Waals surface area contributed by atoms with Gasteiger partial charge in [-0.15, -0.1) is 0 Å². The molecule has 2 N–H and O–H groups in total. The van der Waals surface area contributed by atoms with Gasteiger partial charge in [0.2, 0.25) is 5.91 Å². The monoisotopic (exact) mass is 450 g/mol. The maximum absolute atomic E-state index is 12.7. The molecule has 0 aliphatic carbocycles. The molecular weight excluding hydrogens is 428 g/mol.